The molecule has 0 bridgehead atoms. The third-order valence-electron chi connectivity index (χ3n) is 2.77. The molecule has 72 valence electrons. The van der Waals surface area contributed by atoms with Crippen molar-refractivity contribution in [2.24, 2.45) is 0 Å². The van der Waals surface area contributed by atoms with E-state index in [-0.39, 0.29) is 3.63 Å². The van der Waals surface area contributed by atoms with Crippen LogP contribution in [0.4, 0.5) is 0 Å². The van der Waals surface area contributed by atoms with Crippen LogP contribution in [0.2, 0.25) is 3.63 Å². The minimum absolute atomic E-state index is 0.231. The fraction of sp³-hybridized carbons (Fsp3) is 0.556. The summed E-state index contributed by atoms with van der Waals surface area (Å²) >= 11 is -3.28. The van der Waals surface area contributed by atoms with Crippen molar-refractivity contribution in [1.82, 2.24) is 0 Å². The zero-order valence-electron chi connectivity index (χ0n) is 7.19. The number of halogens is 3. The van der Waals surface area contributed by atoms with Gasteiger partial charge >= 0.3 is 94.8 Å². The summed E-state index contributed by atoms with van der Waals surface area (Å²) in [6, 6.07) is 0. The van der Waals surface area contributed by atoms with E-state index in [2.05, 4.69) is 12.2 Å². The van der Waals surface area contributed by atoms with E-state index in [9.17, 15) is 0 Å². The van der Waals surface area contributed by atoms with Gasteiger partial charge in [0.2, 0.25) is 0 Å². The Morgan fingerprint density at radius 2 is 1.85 bits per heavy atom. The van der Waals surface area contributed by atoms with Crippen LogP contribution in [-0.4, -0.2) is 0 Å². The van der Waals surface area contributed by atoms with Crippen LogP contribution in [0, 0.1) is 0 Å². The molecule has 2 aliphatic carbocycles. The van der Waals surface area contributed by atoms with E-state index in [1.54, 1.807) is 0 Å². The molecule has 0 spiro atoms. The molecule has 0 fully saturated rings. The Morgan fingerprint density at radius 3 is 2.54 bits per heavy atom. The second-order valence-electron chi connectivity index (χ2n) is 3.64. The summed E-state index contributed by atoms with van der Waals surface area (Å²) in [6.45, 7) is 0. The van der Waals surface area contributed by atoms with Gasteiger partial charge < -0.3 is 0 Å². The van der Waals surface area contributed by atoms with Gasteiger partial charge in [-0.15, -0.1) is 0 Å². The van der Waals surface area contributed by atoms with Crippen molar-refractivity contribution in [2.75, 3.05) is 0 Å². The number of hydrogen-bond donors (Lipinski definition) is 0. The molecule has 0 radical (unpaired) electrons. The molecule has 4 heteroatoms. The molecule has 0 amide bonds. The average molecular weight is 317 g/mol. The molecule has 0 aliphatic heterocycles. The molecule has 0 aromatic rings. The van der Waals surface area contributed by atoms with E-state index >= 15 is 0 Å². The molecule has 0 saturated carbocycles. The van der Waals surface area contributed by atoms with Crippen LogP contribution in [0.1, 0.15) is 25.7 Å². The van der Waals surface area contributed by atoms with E-state index in [1.165, 1.54) is 30.4 Å². The summed E-state index contributed by atoms with van der Waals surface area (Å²) in [5.74, 6) is 0. The fourth-order valence-electron chi connectivity index (χ4n) is 2.13. The Hall–Kier alpha value is 1.23. The second kappa shape index (κ2) is 4.01. The van der Waals surface area contributed by atoms with Gasteiger partial charge in [-0.05, 0) is 0 Å². The molecular formula is C9H11Cl3Zr. The quantitative estimate of drug-likeness (QED) is 0.650. The maximum atomic E-state index is 6.11. The van der Waals surface area contributed by atoms with Crippen LogP contribution in [0.15, 0.2) is 23.3 Å². The Morgan fingerprint density at radius 1 is 1.15 bits per heavy atom. The van der Waals surface area contributed by atoms with Crippen molar-refractivity contribution < 1.29 is 16.7 Å². The molecular weight excluding hydrogens is 306 g/mol. The first-order valence-electron chi connectivity index (χ1n) is 4.56. The van der Waals surface area contributed by atoms with Gasteiger partial charge in [-0.1, -0.05) is 0 Å². The zero-order valence-corrected chi connectivity index (χ0v) is 11.9. The van der Waals surface area contributed by atoms with Crippen molar-refractivity contribution in [1.29, 1.82) is 0 Å². The van der Waals surface area contributed by atoms with E-state index in [4.69, 9.17) is 25.5 Å². The van der Waals surface area contributed by atoms with Crippen molar-refractivity contribution in [3.8, 4) is 0 Å². The Bertz CT molecular complexity index is 275. The molecule has 0 heterocycles. The van der Waals surface area contributed by atoms with Gasteiger partial charge in [-0.2, -0.15) is 0 Å². The third-order valence-corrected chi connectivity index (χ3v) is 10.0. The molecule has 0 aromatic carbocycles. The minimum atomic E-state index is -3.28. The van der Waals surface area contributed by atoms with E-state index < -0.39 is 16.7 Å². The molecule has 0 N–H and O–H groups in total. The average Bonchev–Trinajstić information content (AvgIpc) is 2.45. The number of allylic oxidation sites excluding steroid dienone is 4. The first kappa shape index (κ1) is 10.7. The summed E-state index contributed by atoms with van der Waals surface area (Å²) in [7, 11) is 18.3. The van der Waals surface area contributed by atoms with E-state index in [0.717, 1.165) is 6.42 Å². The molecule has 1 atom stereocenters. The van der Waals surface area contributed by atoms with Crippen molar-refractivity contribution in [2.45, 2.75) is 29.3 Å². The number of rotatable bonds is 1. The normalized spacial score (nSPS) is 28.1. The summed E-state index contributed by atoms with van der Waals surface area (Å²) in [4.78, 5) is 0. The maximum absolute atomic E-state index is 6.11. The van der Waals surface area contributed by atoms with Gasteiger partial charge in [0.25, 0.3) is 0 Å². The topological polar surface area (TPSA) is 0 Å². The molecule has 2 rings (SSSR count). The first-order valence-corrected chi connectivity index (χ1v) is 15.5. The summed E-state index contributed by atoms with van der Waals surface area (Å²) in [6.07, 6.45) is 9.21. The van der Waals surface area contributed by atoms with Crippen LogP contribution in [-0.2, 0) is 16.7 Å². The van der Waals surface area contributed by atoms with Crippen LogP contribution < -0.4 is 0 Å². The molecule has 2 aliphatic rings. The van der Waals surface area contributed by atoms with E-state index in [0.29, 0.717) is 0 Å². The second-order valence-corrected chi connectivity index (χ2v) is 21.8. The van der Waals surface area contributed by atoms with Gasteiger partial charge in [0.05, 0.1) is 0 Å². The summed E-state index contributed by atoms with van der Waals surface area (Å²) < 4.78 is 0.231. The predicted octanol–water partition coefficient (Wildman–Crippen LogP) is 4.83. The number of hydrogen-bond acceptors (Lipinski definition) is 0. The summed E-state index contributed by atoms with van der Waals surface area (Å²) in [5, 5.41) is 0. The molecule has 0 nitrogen and oxygen atoms in total. The van der Waals surface area contributed by atoms with Gasteiger partial charge in [0.15, 0.2) is 0 Å². The first-order chi connectivity index (χ1) is 6.09. The van der Waals surface area contributed by atoms with Gasteiger partial charge in [0, 0.05) is 0 Å². The van der Waals surface area contributed by atoms with Crippen LogP contribution in [0.25, 0.3) is 0 Å². The van der Waals surface area contributed by atoms with Gasteiger partial charge in [-0.25, -0.2) is 0 Å². The molecule has 0 saturated heterocycles. The van der Waals surface area contributed by atoms with Crippen molar-refractivity contribution >= 4 is 25.5 Å². The standard InChI is InChI=1S/C9H11.3ClH.Zr/c1-2-5-9-7-3-6-8(9)4-1;;;;/h3,6-7H,1-2,4-5H2;3*1H;/q;;;;+3/p-3. The molecule has 0 aromatic heterocycles. The molecule has 13 heavy (non-hydrogen) atoms. The Balaban J connectivity index is 2.26. The Labute approximate surface area is 94.0 Å². The molecule has 1 unspecified atom stereocenters. The van der Waals surface area contributed by atoms with Crippen LogP contribution >= 0.6 is 25.5 Å². The fourth-order valence-corrected chi connectivity index (χ4v) is 8.32. The van der Waals surface area contributed by atoms with Gasteiger partial charge in [-0.3, -0.25) is 0 Å². The van der Waals surface area contributed by atoms with Crippen LogP contribution in [0.5, 0.6) is 0 Å². The SMILES string of the molecule is [Cl][Zr]([Cl])([Cl])[CH]1C=CC2=C1CCCC2. The van der Waals surface area contributed by atoms with Crippen molar-refractivity contribution in [3.63, 3.8) is 0 Å². The third kappa shape index (κ3) is 2.25. The van der Waals surface area contributed by atoms with E-state index in [1.807, 2.05) is 0 Å². The Kier molecular flexibility index (Phi) is 3.31. The van der Waals surface area contributed by atoms with Crippen molar-refractivity contribution in [3.05, 3.63) is 23.3 Å². The predicted molar refractivity (Wildman–Crippen MR) is 55.9 cm³/mol. The zero-order chi connectivity index (χ0) is 9.47. The summed E-state index contributed by atoms with van der Waals surface area (Å²) in [5.41, 5.74) is 2.90. The van der Waals surface area contributed by atoms with Gasteiger partial charge in [0.1, 0.15) is 0 Å². The van der Waals surface area contributed by atoms with Crippen LogP contribution in [0.3, 0.4) is 0 Å². The monoisotopic (exact) mass is 314 g/mol.